The summed E-state index contributed by atoms with van der Waals surface area (Å²) in [4.78, 5) is 16.3. The second kappa shape index (κ2) is 6.74. The van der Waals surface area contributed by atoms with Gasteiger partial charge in [0.25, 0.3) is 5.91 Å². The second-order valence-electron chi connectivity index (χ2n) is 4.94. The molecule has 0 aliphatic carbocycles. The number of nitrogens with one attached hydrogen (secondary N) is 1. The first kappa shape index (κ1) is 14.8. The number of pyridine rings is 1. The second-order valence-corrected chi connectivity index (χ2v) is 4.94. The molecule has 23 heavy (non-hydrogen) atoms. The van der Waals surface area contributed by atoms with Gasteiger partial charge in [-0.2, -0.15) is 5.10 Å². The van der Waals surface area contributed by atoms with Crippen LogP contribution in [-0.2, 0) is 6.54 Å². The van der Waals surface area contributed by atoms with Crippen molar-refractivity contribution in [2.45, 2.75) is 6.54 Å². The maximum Gasteiger partial charge on any atom is 0.255 e. The van der Waals surface area contributed by atoms with Gasteiger partial charge in [0.2, 0.25) is 5.88 Å². The topological polar surface area (TPSA) is 69.0 Å². The van der Waals surface area contributed by atoms with Crippen LogP contribution in [0.25, 0.3) is 0 Å². The number of anilines is 1. The first-order chi connectivity index (χ1) is 11.2. The highest BCUT2D eigenvalue weighted by Crippen LogP contribution is 2.13. The van der Waals surface area contributed by atoms with Gasteiger partial charge in [0.05, 0.1) is 25.5 Å². The number of nitrogens with zero attached hydrogens (tertiary/aromatic N) is 3. The third-order valence-electron chi connectivity index (χ3n) is 3.32. The Morgan fingerprint density at radius 3 is 2.65 bits per heavy atom. The first-order valence-corrected chi connectivity index (χ1v) is 7.12. The minimum Gasteiger partial charge on any atom is -0.481 e. The van der Waals surface area contributed by atoms with Gasteiger partial charge in [0, 0.05) is 24.0 Å². The molecule has 0 saturated carbocycles. The van der Waals surface area contributed by atoms with Crippen LogP contribution in [0.2, 0.25) is 0 Å². The lowest BCUT2D eigenvalue weighted by Crippen LogP contribution is -2.12. The van der Waals surface area contributed by atoms with Crippen LogP contribution in [0.5, 0.6) is 5.88 Å². The molecule has 0 spiro atoms. The number of hydrogen-bond donors (Lipinski definition) is 1. The van der Waals surface area contributed by atoms with E-state index in [1.54, 1.807) is 43.8 Å². The molecule has 0 aliphatic heterocycles. The molecule has 0 saturated heterocycles. The van der Waals surface area contributed by atoms with Crippen molar-refractivity contribution in [3.63, 3.8) is 0 Å². The Kier molecular flexibility index (Phi) is 4.33. The van der Waals surface area contributed by atoms with Crippen molar-refractivity contribution in [1.29, 1.82) is 0 Å². The average Bonchev–Trinajstić information content (AvgIpc) is 3.09. The largest absolute Gasteiger partial charge is 0.481 e. The number of aromatic nitrogens is 3. The number of hydrogen-bond acceptors (Lipinski definition) is 4. The monoisotopic (exact) mass is 308 g/mol. The number of carbonyl (C=O) groups is 1. The molecule has 3 aromatic rings. The van der Waals surface area contributed by atoms with Crippen LogP contribution in [0.15, 0.2) is 61.1 Å². The summed E-state index contributed by atoms with van der Waals surface area (Å²) in [5, 5.41) is 6.96. The highest BCUT2D eigenvalue weighted by Gasteiger charge is 2.07. The predicted octanol–water partition coefficient (Wildman–Crippen LogP) is 2.59. The van der Waals surface area contributed by atoms with Gasteiger partial charge in [0.15, 0.2) is 0 Å². The van der Waals surface area contributed by atoms with Crippen molar-refractivity contribution in [1.82, 2.24) is 14.8 Å². The van der Waals surface area contributed by atoms with E-state index in [9.17, 15) is 4.79 Å². The van der Waals surface area contributed by atoms with E-state index in [1.165, 1.54) is 0 Å². The van der Waals surface area contributed by atoms with Gasteiger partial charge in [-0.1, -0.05) is 12.1 Å². The lowest BCUT2D eigenvalue weighted by atomic mass is 10.1. The molecule has 3 rings (SSSR count). The van der Waals surface area contributed by atoms with Gasteiger partial charge in [0.1, 0.15) is 0 Å². The molecule has 1 N–H and O–H groups in total. The maximum absolute atomic E-state index is 12.2. The average molecular weight is 308 g/mol. The molecule has 1 amide bonds. The van der Waals surface area contributed by atoms with Crippen molar-refractivity contribution in [2.75, 3.05) is 12.4 Å². The summed E-state index contributed by atoms with van der Waals surface area (Å²) in [6, 6.07) is 12.8. The molecule has 0 unspecified atom stereocenters. The molecule has 0 bridgehead atoms. The van der Waals surface area contributed by atoms with Crippen LogP contribution in [-0.4, -0.2) is 27.8 Å². The number of methoxy groups -OCH3 is 1. The minimum atomic E-state index is -0.178. The van der Waals surface area contributed by atoms with Crippen LogP contribution in [0, 0.1) is 0 Å². The number of ether oxygens (including phenoxy) is 1. The molecule has 0 aliphatic rings. The molecular formula is C17H16N4O2. The third-order valence-corrected chi connectivity index (χ3v) is 3.32. The Morgan fingerprint density at radius 1 is 1.22 bits per heavy atom. The SMILES string of the molecule is COc1ccc(NC(=O)c2ccc(Cn3cccn3)cc2)cn1. The van der Waals surface area contributed by atoms with E-state index >= 15 is 0 Å². The van der Waals surface area contributed by atoms with E-state index < -0.39 is 0 Å². The van der Waals surface area contributed by atoms with Crippen LogP contribution in [0.3, 0.4) is 0 Å². The summed E-state index contributed by atoms with van der Waals surface area (Å²) >= 11 is 0. The van der Waals surface area contributed by atoms with Gasteiger partial charge in [-0.15, -0.1) is 0 Å². The standard InChI is InChI=1S/C17H16N4O2/c1-23-16-8-7-15(11-18-16)20-17(22)14-5-3-13(4-6-14)12-21-10-2-9-19-21/h2-11H,12H2,1H3,(H,20,22). The molecule has 0 fully saturated rings. The summed E-state index contributed by atoms with van der Waals surface area (Å²) in [7, 11) is 1.55. The third kappa shape index (κ3) is 3.74. The summed E-state index contributed by atoms with van der Waals surface area (Å²) < 4.78 is 6.82. The zero-order valence-electron chi connectivity index (χ0n) is 12.6. The molecule has 0 radical (unpaired) electrons. The van der Waals surface area contributed by atoms with Gasteiger partial charge in [-0.25, -0.2) is 4.98 Å². The number of benzene rings is 1. The molecule has 6 nitrogen and oxygen atoms in total. The van der Waals surface area contributed by atoms with Crippen molar-refractivity contribution < 1.29 is 9.53 Å². The van der Waals surface area contributed by atoms with E-state index in [0.29, 0.717) is 23.7 Å². The molecule has 2 aromatic heterocycles. The van der Waals surface area contributed by atoms with Gasteiger partial charge in [-0.05, 0) is 29.8 Å². The summed E-state index contributed by atoms with van der Waals surface area (Å²) in [6.07, 6.45) is 5.20. The smallest absolute Gasteiger partial charge is 0.255 e. The van der Waals surface area contributed by atoms with Gasteiger partial charge in [-0.3, -0.25) is 9.48 Å². The number of rotatable bonds is 5. The van der Waals surface area contributed by atoms with E-state index in [4.69, 9.17) is 4.74 Å². The van der Waals surface area contributed by atoms with Crippen molar-refractivity contribution in [3.05, 3.63) is 72.2 Å². The Balaban J connectivity index is 1.64. The van der Waals surface area contributed by atoms with Gasteiger partial charge >= 0.3 is 0 Å². The number of amides is 1. The van der Waals surface area contributed by atoms with E-state index in [1.807, 2.05) is 29.1 Å². The van der Waals surface area contributed by atoms with Gasteiger partial charge < -0.3 is 10.1 Å². The van der Waals surface area contributed by atoms with E-state index in [2.05, 4.69) is 15.4 Å². The molecule has 116 valence electrons. The zero-order chi connectivity index (χ0) is 16.1. The van der Waals surface area contributed by atoms with Crippen molar-refractivity contribution >= 4 is 11.6 Å². The number of carbonyl (C=O) groups excluding carboxylic acids is 1. The van der Waals surface area contributed by atoms with Crippen molar-refractivity contribution in [2.24, 2.45) is 0 Å². The van der Waals surface area contributed by atoms with Crippen LogP contribution in [0.1, 0.15) is 15.9 Å². The lowest BCUT2D eigenvalue weighted by molar-refractivity contribution is 0.102. The lowest BCUT2D eigenvalue weighted by Gasteiger charge is -2.07. The fourth-order valence-corrected chi connectivity index (χ4v) is 2.12. The highest BCUT2D eigenvalue weighted by atomic mass is 16.5. The Morgan fingerprint density at radius 2 is 2.04 bits per heavy atom. The quantitative estimate of drug-likeness (QED) is 0.786. The van der Waals surface area contributed by atoms with Crippen LogP contribution < -0.4 is 10.1 Å². The van der Waals surface area contributed by atoms with Crippen LogP contribution in [0.4, 0.5) is 5.69 Å². The van der Waals surface area contributed by atoms with E-state index in [0.717, 1.165) is 5.56 Å². The fraction of sp³-hybridized carbons (Fsp3) is 0.118. The summed E-state index contributed by atoms with van der Waals surface area (Å²) in [6.45, 7) is 0.678. The zero-order valence-corrected chi connectivity index (χ0v) is 12.6. The Hall–Kier alpha value is -3.15. The maximum atomic E-state index is 12.2. The first-order valence-electron chi connectivity index (χ1n) is 7.12. The Bertz CT molecular complexity index is 765. The predicted molar refractivity (Wildman–Crippen MR) is 86.5 cm³/mol. The van der Waals surface area contributed by atoms with E-state index in [-0.39, 0.29) is 5.91 Å². The van der Waals surface area contributed by atoms with Crippen molar-refractivity contribution in [3.8, 4) is 5.88 Å². The molecule has 1 aromatic carbocycles. The normalized spacial score (nSPS) is 10.3. The summed E-state index contributed by atoms with van der Waals surface area (Å²) in [5.41, 5.74) is 2.29. The summed E-state index contributed by atoms with van der Waals surface area (Å²) in [5.74, 6) is 0.327. The highest BCUT2D eigenvalue weighted by molar-refractivity contribution is 6.04. The molecular weight excluding hydrogens is 292 g/mol. The van der Waals surface area contributed by atoms with Crippen LogP contribution >= 0.6 is 0 Å². The molecule has 0 atom stereocenters. The molecule has 6 heteroatoms. The molecule has 2 heterocycles. The fourth-order valence-electron chi connectivity index (χ4n) is 2.12. The Labute approximate surface area is 133 Å². The minimum absolute atomic E-state index is 0.178.